The van der Waals surface area contributed by atoms with Crippen molar-refractivity contribution in [3.05, 3.63) is 0 Å². The predicted octanol–water partition coefficient (Wildman–Crippen LogP) is 10.1. The normalized spacial score (nSPS) is 34.9. The van der Waals surface area contributed by atoms with Gasteiger partial charge in [-0.05, 0) is 105 Å². The molecular formula is C44H77NO6. The Bertz CT molecular complexity index is 1100. The molecule has 11 atom stereocenters. The molecule has 0 bridgehead atoms. The van der Waals surface area contributed by atoms with Gasteiger partial charge in [-0.3, -0.25) is 14.4 Å². The van der Waals surface area contributed by atoms with Crippen LogP contribution in [0.25, 0.3) is 0 Å². The minimum Gasteiger partial charge on any atom is -0.463 e. The van der Waals surface area contributed by atoms with Crippen LogP contribution in [0.2, 0.25) is 0 Å². The highest BCUT2D eigenvalue weighted by Crippen LogP contribution is 2.69. The molecule has 0 heterocycles. The zero-order valence-corrected chi connectivity index (χ0v) is 33.9. The summed E-state index contributed by atoms with van der Waals surface area (Å²) in [5, 5.41) is 11.9. The number of hydrogen-bond donors (Lipinski definition) is 1. The van der Waals surface area contributed by atoms with E-state index in [2.05, 4.69) is 39.5 Å². The Kier molecular flexibility index (Phi) is 16.2. The lowest BCUT2D eigenvalue weighted by Crippen LogP contribution is -2.63. The summed E-state index contributed by atoms with van der Waals surface area (Å²) in [6.07, 6.45) is 21.9. The highest BCUT2D eigenvalue weighted by molar-refractivity contribution is 5.76. The molecule has 0 saturated heterocycles. The molecule has 1 amide bonds. The van der Waals surface area contributed by atoms with Gasteiger partial charge in [0.1, 0.15) is 12.2 Å². The van der Waals surface area contributed by atoms with Crippen LogP contribution in [0.1, 0.15) is 183 Å². The second kappa shape index (κ2) is 19.6. The number of rotatable bonds is 20. The number of aliphatic hydroxyl groups is 1. The summed E-state index contributed by atoms with van der Waals surface area (Å²) < 4.78 is 12.0. The van der Waals surface area contributed by atoms with Gasteiger partial charge in [-0.1, -0.05) is 98.8 Å². The van der Waals surface area contributed by atoms with E-state index >= 15 is 0 Å². The second-order valence-electron chi connectivity index (χ2n) is 18.1. The lowest BCUT2D eigenvalue weighted by molar-refractivity contribution is -0.218. The maximum Gasteiger partial charge on any atom is 0.302 e. The molecule has 0 unspecified atom stereocenters. The van der Waals surface area contributed by atoms with Gasteiger partial charge < -0.3 is 19.5 Å². The minimum absolute atomic E-state index is 0.0197. The van der Waals surface area contributed by atoms with Crippen molar-refractivity contribution >= 4 is 17.8 Å². The van der Waals surface area contributed by atoms with Crippen molar-refractivity contribution in [3.63, 3.8) is 0 Å². The first-order valence-corrected chi connectivity index (χ1v) is 21.7. The largest absolute Gasteiger partial charge is 0.463 e. The van der Waals surface area contributed by atoms with Crippen molar-refractivity contribution in [1.82, 2.24) is 4.90 Å². The number of nitrogens with zero attached hydrogens (tertiary/aromatic N) is 1. The molecule has 0 aliphatic heterocycles. The number of fused-ring (bicyclic) bond motifs is 5. The van der Waals surface area contributed by atoms with Crippen molar-refractivity contribution in [1.29, 1.82) is 0 Å². The summed E-state index contributed by atoms with van der Waals surface area (Å²) in [5.41, 5.74) is -0.211. The Hall–Kier alpha value is -1.63. The highest BCUT2D eigenvalue weighted by Gasteiger charge is 2.67. The van der Waals surface area contributed by atoms with Crippen LogP contribution in [0.4, 0.5) is 0 Å². The molecule has 0 aromatic heterocycles. The second-order valence-corrected chi connectivity index (χ2v) is 18.1. The average Bonchev–Trinajstić information content (AvgIpc) is 3.44. The summed E-state index contributed by atoms with van der Waals surface area (Å²) >= 11 is 0. The fourth-order valence-electron chi connectivity index (χ4n) is 12.0. The molecule has 51 heavy (non-hydrogen) atoms. The third kappa shape index (κ3) is 10.3. The SMILES string of the molecule is CCCCCCCCN(CCCCCCCC)C(=O)CC[C@@H](C)[C@H]1CC[C@H]2[C@@H]3[C@H](O)C[C@@H]4C[C@H](OC(C)=O)CC[C@]4(C)[C@H]3C[C@H](OC(C)=O)[C@]12C. The minimum atomic E-state index is -0.403. The Morgan fingerprint density at radius 1 is 0.765 bits per heavy atom. The quantitative estimate of drug-likeness (QED) is 0.0997. The maximum atomic E-state index is 13.8. The number of aliphatic hydroxyl groups excluding tert-OH is 1. The summed E-state index contributed by atoms with van der Waals surface area (Å²) in [5.74, 6) is 1.54. The van der Waals surface area contributed by atoms with E-state index in [9.17, 15) is 19.5 Å². The number of unbranched alkanes of at least 4 members (excludes halogenated alkanes) is 10. The van der Waals surface area contributed by atoms with E-state index in [0.717, 1.165) is 77.3 Å². The lowest BCUT2D eigenvalue weighted by Gasteiger charge is -2.64. The van der Waals surface area contributed by atoms with E-state index in [1.807, 2.05) is 0 Å². The molecule has 294 valence electrons. The van der Waals surface area contributed by atoms with Gasteiger partial charge in [-0.2, -0.15) is 0 Å². The van der Waals surface area contributed by atoms with Gasteiger partial charge in [0.15, 0.2) is 0 Å². The first-order valence-electron chi connectivity index (χ1n) is 21.7. The maximum absolute atomic E-state index is 13.8. The summed E-state index contributed by atoms with van der Waals surface area (Å²) in [6.45, 7) is 16.4. The van der Waals surface area contributed by atoms with Crippen LogP contribution in [-0.4, -0.2) is 59.3 Å². The highest BCUT2D eigenvalue weighted by atomic mass is 16.5. The molecule has 0 radical (unpaired) electrons. The molecule has 4 fully saturated rings. The summed E-state index contributed by atoms with van der Waals surface area (Å²) in [4.78, 5) is 40.5. The van der Waals surface area contributed by atoms with Crippen molar-refractivity contribution in [3.8, 4) is 0 Å². The number of esters is 2. The van der Waals surface area contributed by atoms with Crippen LogP contribution in [0.3, 0.4) is 0 Å². The first kappa shape index (κ1) is 42.1. The molecule has 7 nitrogen and oxygen atoms in total. The molecule has 4 rings (SSSR count). The van der Waals surface area contributed by atoms with Crippen LogP contribution in [0.15, 0.2) is 0 Å². The van der Waals surface area contributed by atoms with Crippen LogP contribution >= 0.6 is 0 Å². The van der Waals surface area contributed by atoms with Gasteiger partial charge >= 0.3 is 11.9 Å². The number of carbonyl (C=O) groups excluding carboxylic acids is 3. The van der Waals surface area contributed by atoms with Gasteiger partial charge in [0.2, 0.25) is 5.91 Å². The zero-order chi connectivity index (χ0) is 37.2. The van der Waals surface area contributed by atoms with Crippen molar-refractivity contribution < 1.29 is 29.0 Å². The summed E-state index contributed by atoms with van der Waals surface area (Å²) in [7, 11) is 0. The van der Waals surface area contributed by atoms with Gasteiger partial charge in [0.25, 0.3) is 0 Å². The van der Waals surface area contributed by atoms with Gasteiger partial charge in [-0.25, -0.2) is 0 Å². The third-order valence-corrected chi connectivity index (χ3v) is 14.8. The first-order chi connectivity index (χ1) is 24.4. The Labute approximate surface area is 312 Å². The molecule has 1 N–H and O–H groups in total. The number of carbonyl (C=O) groups is 3. The topological polar surface area (TPSA) is 93.1 Å². The molecular weight excluding hydrogens is 638 g/mol. The molecule has 4 saturated carbocycles. The van der Waals surface area contributed by atoms with Gasteiger partial charge in [0, 0.05) is 38.8 Å². The van der Waals surface area contributed by atoms with E-state index in [-0.39, 0.29) is 58.6 Å². The van der Waals surface area contributed by atoms with E-state index in [1.54, 1.807) is 6.92 Å². The van der Waals surface area contributed by atoms with Crippen molar-refractivity contribution in [2.45, 2.75) is 202 Å². The van der Waals surface area contributed by atoms with Gasteiger partial charge in [0.05, 0.1) is 6.10 Å². The van der Waals surface area contributed by atoms with Crippen molar-refractivity contribution in [2.75, 3.05) is 13.1 Å². The molecule has 7 heteroatoms. The number of amides is 1. The monoisotopic (exact) mass is 716 g/mol. The smallest absolute Gasteiger partial charge is 0.302 e. The third-order valence-electron chi connectivity index (χ3n) is 14.8. The molecule has 0 aromatic carbocycles. The number of hydrogen-bond acceptors (Lipinski definition) is 6. The van der Waals surface area contributed by atoms with E-state index in [0.29, 0.717) is 24.2 Å². The van der Waals surface area contributed by atoms with Crippen molar-refractivity contribution in [2.24, 2.45) is 46.3 Å². The molecule has 4 aliphatic carbocycles. The van der Waals surface area contributed by atoms with E-state index in [1.165, 1.54) is 71.1 Å². The Morgan fingerprint density at radius 2 is 1.35 bits per heavy atom. The predicted molar refractivity (Wildman–Crippen MR) is 205 cm³/mol. The van der Waals surface area contributed by atoms with Crippen LogP contribution in [0, 0.1) is 46.3 Å². The fourth-order valence-corrected chi connectivity index (χ4v) is 12.0. The Balaban J connectivity index is 1.43. The summed E-state index contributed by atoms with van der Waals surface area (Å²) in [6, 6.07) is 0. The van der Waals surface area contributed by atoms with E-state index < -0.39 is 6.10 Å². The fraction of sp³-hybridized carbons (Fsp3) is 0.932. The average molecular weight is 716 g/mol. The van der Waals surface area contributed by atoms with E-state index in [4.69, 9.17) is 9.47 Å². The molecule has 4 aliphatic rings. The Morgan fingerprint density at radius 3 is 1.94 bits per heavy atom. The van der Waals surface area contributed by atoms with Crippen LogP contribution in [0.5, 0.6) is 0 Å². The van der Waals surface area contributed by atoms with Gasteiger partial charge in [-0.15, -0.1) is 0 Å². The number of ether oxygens (including phenoxy) is 2. The van der Waals surface area contributed by atoms with Crippen LogP contribution < -0.4 is 0 Å². The van der Waals surface area contributed by atoms with Crippen LogP contribution in [-0.2, 0) is 23.9 Å². The zero-order valence-electron chi connectivity index (χ0n) is 33.9. The standard InChI is InChI=1S/C44H77NO6/c1-8-10-12-14-16-18-26-45(27-19-17-15-13-11-9-2)41(49)23-20-31(3)36-21-22-37-42-38(30-40(44(36,37)7)51-33(5)47)43(6)25-24-35(50-32(4)46)28-34(43)29-39(42)48/h31,34-40,42,48H,8-30H2,1-7H3/t31-,34+,35-,36-,37+,38+,39-,40+,42+,43+,44-/m1/s1. The molecule has 0 spiro atoms. The lowest BCUT2D eigenvalue weighted by atomic mass is 9.43. The molecule has 0 aromatic rings.